The first-order valence-corrected chi connectivity index (χ1v) is 34.7. The molecule has 2 atom stereocenters. The summed E-state index contributed by atoms with van der Waals surface area (Å²) in [6.07, 6.45) is -0.505. The minimum absolute atomic E-state index is 0.0200. The van der Waals surface area contributed by atoms with Crippen molar-refractivity contribution < 1.29 is 66.8 Å². The largest absolute Gasteiger partial charge is 0.457 e. The van der Waals surface area contributed by atoms with E-state index in [1.54, 1.807) is 60.7 Å². The summed E-state index contributed by atoms with van der Waals surface area (Å²) in [5.41, 5.74) is 1.69. The number of ether oxygens (including phenoxy) is 6. The number of rotatable bonds is 22. The Bertz CT molecular complexity index is 5740. The number of carbonyl (C=O) groups excluding carboxylic acids is 8. The van der Waals surface area contributed by atoms with E-state index in [2.05, 4.69) is 45.6 Å². The van der Waals surface area contributed by atoms with Crippen LogP contribution in [0, 0.1) is 35.8 Å². The van der Waals surface area contributed by atoms with Crippen molar-refractivity contribution in [2.75, 3.05) is 10.6 Å². The van der Waals surface area contributed by atoms with Crippen molar-refractivity contribution >= 4 is 113 Å². The lowest BCUT2D eigenvalue weighted by atomic mass is 9.80. The topological polar surface area (TPSA) is 279 Å². The summed E-state index contributed by atoms with van der Waals surface area (Å²) < 4.78 is 39.5. The van der Waals surface area contributed by atoms with Gasteiger partial charge in [0.1, 0.15) is 69.6 Å². The fourth-order valence-corrected chi connectivity index (χ4v) is 13.7. The Morgan fingerprint density at radius 3 is 0.982 bits per heavy atom. The SMILES string of the molecule is [C-]#[N+]c1ccc(Oc2cc3c4c(cc(Oc5ccc(C#N)cc5)c5c6c(Oc7ccc(C#N)cc7)cc7c8c(cc(Oc9ccc([N+]#[C-])cc9)c(c2c45)c86)C(=O)N(C(Cc2ccccc2)C(=O)Nc2cccc(OC(=O)C(=C)C)c2)C7=O)C(=O)N(C(Cc2ccccc2)C(=O)Nc2cccc(OC(=O)C(=C)C)c2)C3=O)cc1. The maximum atomic E-state index is 16.6. The number of nitriles is 2. The summed E-state index contributed by atoms with van der Waals surface area (Å²) in [6.45, 7) is 26.0. The van der Waals surface area contributed by atoms with Crippen LogP contribution < -0.4 is 39.1 Å². The van der Waals surface area contributed by atoms with Crippen molar-refractivity contribution in [3.8, 4) is 69.6 Å². The molecule has 0 bridgehead atoms. The van der Waals surface area contributed by atoms with Crippen LogP contribution in [0.2, 0.25) is 0 Å². The second kappa shape index (κ2) is 29.7. The minimum atomic E-state index is -1.66. The number of benzene rings is 13. The van der Waals surface area contributed by atoms with Gasteiger partial charge in [0.15, 0.2) is 11.4 Å². The van der Waals surface area contributed by atoms with E-state index in [4.69, 9.17) is 41.6 Å². The average Bonchev–Trinajstić information content (AvgIpc) is 0.670. The number of nitrogens with zero attached hydrogens (tertiary/aromatic N) is 6. The summed E-state index contributed by atoms with van der Waals surface area (Å²) in [7, 11) is 0. The first kappa shape index (κ1) is 71.6. The van der Waals surface area contributed by atoms with Crippen molar-refractivity contribution in [2.45, 2.75) is 38.8 Å². The molecule has 6 amide bonds. The fraction of sp³-hybridized carbons (Fsp3) is 0.0667. The molecule has 0 spiro atoms. The quantitative estimate of drug-likeness (QED) is 0.0121. The molecule has 540 valence electrons. The van der Waals surface area contributed by atoms with Crippen LogP contribution in [0.25, 0.3) is 52.8 Å². The zero-order valence-corrected chi connectivity index (χ0v) is 59.3. The Morgan fingerprint density at radius 1 is 0.393 bits per heavy atom. The molecule has 0 radical (unpaired) electrons. The van der Waals surface area contributed by atoms with Crippen molar-refractivity contribution in [1.82, 2.24) is 9.80 Å². The third-order valence-electron chi connectivity index (χ3n) is 18.9. The van der Waals surface area contributed by atoms with E-state index in [1.807, 2.05) is 0 Å². The Kier molecular flexibility index (Phi) is 19.0. The van der Waals surface area contributed by atoms with Gasteiger partial charge in [-0.3, -0.25) is 38.6 Å². The molecule has 2 N–H and O–H groups in total. The van der Waals surface area contributed by atoms with Crippen LogP contribution in [0.15, 0.2) is 255 Å². The van der Waals surface area contributed by atoms with Gasteiger partial charge in [-0.25, -0.2) is 19.3 Å². The van der Waals surface area contributed by atoms with E-state index >= 15 is 28.8 Å². The number of nitrogens with one attached hydrogen (secondary N) is 2. The smallest absolute Gasteiger partial charge is 0.338 e. The third-order valence-corrected chi connectivity index (χ3v) is 18.9. The molecule has 2 heterocycles. The monoisotopic (exact) mass is 1470 g/mol. The summed E-state index contributed by atoms with van der Waals surface area (Å²) in [4.78, 5) is 132. The van der Waals surface area contributed by atoms with E-state index in [1.165, 1.54) is 184 Å². The van der Waals surface area contributed by atoms with Crippen molar-refractivity contribution in [1.29, 1.82) is 10.5 Å². The molecule has 22 heteroatoms. The number of amides is 6. The Labute approximate surface area is 638 Å². The van der Waals surface area contributed by atoms with Crippen LogP contribution in [0.5, 0.6) is 57.5 Å². The van der Waals surface area contributed by atoms with E-state index in [0.29, 0.717) is 11.1 Å². The number of imide groups is 2. The zero-order chi connectivity index (χ0) is 78.2. The van der Waals surface area contributed by atoms with Crippen molar-refractivity contribution in [3.05, 3.63) is 322 Å². The molecule has 22 nitrogen and oxygen atoms in total. The highest BCUT2D eigenvalue weighted by Gasteiger charge is 2.47. The summed E-state index contributed by atoms with van der Waals surface area (Å²) in [5.74, 6) is -7.19. The van der Waals surface area contributed by atoms with E-state index in [9.17, 15) is 20.1 Å². The molecule has 0 saturated carbocycles. The maximum Gasteiger partial charge on any atom is 0.338 e. The minimum Gasteiger partial charge on any atom is -0.457 e. The molecule has 112 heavy (non-hydrogen) atoms. The summed E-state index contributed by atoms with van der Waals surface area (Å²) >= 11 is 0. The van der Waals surface area contributed by atoms with Crippen LogP contribution >= 0.6 is 0 Å². The first-order chi connectivity index (χ1) is 54.3. The van der Waals surface area contributed by atoms with Crippen LogP contribution in [0.3, 0.4) is 0 Å². The van der Waals surface area contributed by atoms with Gasteiger partial charge in [0, 0.05) is 90.6 Å². The molecule has 2 aliphatic rings. The predicted molar refractivity (Wildman–Crippen MR) is 416 cm³/mol. The van der Waals surface area contributed by atoms with E-state index < -0.39 is 59.5 Å². The predicted octanol–water partition coefficient (Wildman–Crippen LogP) is 18.4. The lowest BCUT2D eigenvalue weighted by molar-refractivity contribution is -0.130. The van der Waals surface area contributed by atoms with Crippen LogP contribution in [-0.2, 0) is 32.0 Å². The number of carbonyl (C=O) groups is 8. The van der Waals surface area contributed by atoms with Gasteiger partial charge in [-0.1, -0.05) is 110 Å². The zero-order valence-electron chi connectivity index (χ0n) is 59.3. The second-order valence-electron chi connectivity index (χ2n) is 26.3. The Morgan fingerprint density at radius 2 is 0.696 bits per heavy atom. The van der Waals surface area contributed by atoms with Crippen molar-refractivity contribution in [3.63, 3.8) is 0 Å². The number of anilines is 2. The fourth-order valence-electron chi connectivity index (χ4n) is 13.7. The molecular weight excluding hydrogens is 1420 g/mol. The van der Waals surface area contributed by atoms with Crippen LogP contribution in [0.1, 0.15) is 77.5 Å². The average molecular weight is 1470 g/mol. The van der Waals surface area contributed by atoms with Crippen LogP contribution in [-0.4, -0.2) is 69.3 Å². The Balaban J connectivity index is 1.04. The van der Waals surface area contributed by atoms with Gasteiger partial charge in [0.25, 0.3) is 23.6 Å². The lowest BCUT2D eigenvalue weighted by Crippen LogP contribution is -2.53. The summed E-state index contributed by atoms with van der Waals surface area (Å²) in [5, 5.41) is 26.2. The lowest BCUT2D eigenvalue weighted by Gasteiger charge is -2.36. The van der Waals surface area contributed by atoms with Gasteiger partial charge in [-0.05, 0) is 146 Å². The normalized spacial score (nSPS) is 12.6. The molecular formula is C90H56N8O14. The third kappa shape index (κ3) is 13.6. The molecule has 0 aliphatic carbocycles. The standard InChI is InChI=1S/C90H56N8O14/c1-49(2)89(105)111-63-21-13-19-57(41-63)95-83(99)69(39-51-15-9-7-10-16-51)97-85(101)65-43-71(107-59-31-23-53(47-91)24-32-59)77-78-72(108-60-33-25-54(48-92)26-34-60)44-66-76-68(88(104)98(86(66)102)70(40-52-17-11-8-12-18-52)84(100)96-58-20-14-22-64(42-58)112-90(106)50(3)4)46-74(110-62-37-29-56(94-6)30-38-62)80(82(76)78)79-73(45-67(87(97)103)75(65)81(77)79)109-61-35-27-55(93-5)28-36-61/h7-38,41-46,69-70H,1,3,39-40H2,2,4H3,(H,95,99)(H,96,100). The molecule has 13 aromatic rings. The highest BCUT2D eigenvalue weighted by atomic mass is 16.5. The molecule has 0 saturated heterocycles. The van der Waals surface area contributed by atoms with Gasteiger partial charge >= 0.3 is 11.9 Å². The molecule has 0 aromatic heterocycles. The van der Waals surface area contributed by atoms with Gasteiger partial charge in [0.2, 0.25) is 11.8 Å². The highest BCUT2D eigenvalue weighted by Crippen LogP contribution is 2.58. The van der Waals surface area contributed by atoms with Crippen molar-refractivity contribution in [2.24, 2.45) is 0 Å². The van der Waals surface area contributed by atoms with Gasteiger partial charge in [0.05, 0.1) is 58.7 Å². The van der Waals surface area contributed by atoms with Gasteiger partial charge in [-0.2, -0.15) is 10.5 Å². The van der Waals surface area contributed by atoms with Gasteiger partial charge < -0.3 is 39.1 Å². The van der Waals surface area contributed by atoms with E-state index in [-0.39, 0.29) is 181 Å². The second-order valence-corrected chi connectivity index (χ2v) is 26.3. The molecule has 2 unspecified atom stereocenters. The Hall–Kier alpha value is -16.0. The molecule has 13 aromatic carbocycles. The van der Waals surface area contributed by atoms with Gasteiger partial charge in [-0.15, -0.1) is 0 Å². The molecule has 0 fully saturated rings. The highest BCUT2D eigenvalue weighted by molar-refractivity contribution is 6.45. The molecule has 15 rings (SSSR count). The number of hydrogen-bond donors (Lipinski definition) is 2. The van der Waals surface area contributed by atoms with E-state index in [0.717, 1.165) is 9.80 Å². The molecule has 2 aliphatic heterocycles. The summed E-state index contributed by atoms with van der Waals surface area (Å²) in [6, 6.07) is 59.9. The first-order valence-electron chi connectivity index (χ1n) is 34.7. The number of fused-ring (bicyclic) bond motifs is 2. The van der Waals surface area contributed by atoms with Crippen LogP contribution in [0.4, 0.5) is 22.7 Å². The number of esters is 2. The maximum absolute atomic E-state index is 16.6. The number of hydrogen-bond acceptors (Lipinski definition) is 16.